The van der Waals surface area contributed by atoms with Gasteiger partial charge in [-0.25, -0.2) is 0 Å². The van der Waals surface area contributed by atoms with Gasteiger partial charge in [0.25, 0.3) is 11.8 Å². The number of nitrogens with zero attached hydrogens (tertiary/aromatic N) is 1. The molecule has 0 aliphatic rings. The molecule has 2 rings (SSSR count). The summed E-state index contributed by atoms with van der Waals surface area (Å²) in [6, 6.07) is 5.43. The molecule has 1 aromatic heterocycles. The first-order chi connectivity index (χ1) is 17.3. The number of rotatable bonds is 11. The van der Waals surface area contributed by atoms with Crippen LogP contribution in [-0.2, 0) is 25.7 Å². The molecule has 4 amide bonds. The first-order valence-electron chi connectivity index (χ1n) is 12.1. The maximum Gasteiger partial charge on any atom is 0.289 e. The van der Waals surface area contributed by atoms with E-state index in [0.717, 1.165) is 0 Å². The van der Waals surface area contributed by atoms with E-state index in [-0.39, 0.29) is 12.5 Å². The van der Waals surface area contributed by atoms with Crippen LogP contribution in [0.4, 0.5) is 0 Å². The Morgan fingerprint density at radius 3 is 2.11 bits per heavy atom. The number of H-pyrrole nitrogens is 1. The van der Waals surface area contributed by atoms with Crippen LogP contribution in [0.2, 0.25) is 0 Å². The van der Waals surface area contributed by atoms with E-state index in [0.29, 0.717) is 11.1 Å². The van der Waals surface area contributed by atoms with E-state index in [1.807, 2.05) is 0 Å². The second-order valence-electron chi connectivity index (χ2n) is 10.3. The van der Waals surface area contributed by atoms with Gasteiger partial charge in [-0.3, -0.25) is 29.1 Å². The average Bonchev–Trinajstić information content (AvgIpc) is 3.36. The highest BCUT2D eigenvalue weighted by Gasteiger charge is 2.35. The minimum absolute atomic E-state index is 0.106. The fourth-order valence-corrected chi connectivity index (χ4v) is 3.44. The van der Waals surface area contributed by atoms with E-state index < -0.39 is 53.0 Å². The summed E-state index contributed by atoms with van der Waals surface area (Å²) in [7, 11) is 0. The largest absolute Gasteiger partial charge is 0.345 e. The smallest absolute Gasteiger partial charge is 0.289 e. The Kier molecular flexibility index (Phi) is 10.1. The minimum Gasteiger partial charge on any atom is -0.345 e. The topological polar surface area (TPSA) is 162 Å². The minimum atomic E-state index is -1.09. The van der Waals surface area contributed by atoms with Crippen LogP contribution in [0.5, 0.6) is 0 Å². The Morgan fingerprint density at radius 2 is 1.57 bits per heavy atom. The van der Waals surface area contributed by atoms with Crippen molar-refractivity contribution >= 4 is 29.4 Å². The first kappa shape index (κ1) is 29.2. The van der Waals surface area contributed by atoms with Crippen LogP contribution in [0.25, 0.3) is 0 Å². The van der Waals surface area contributed by atoms with Crippen LogP contribution >= 0.6 is 0 Å². The van der Waals surface area contributed by atoms with Gasteiger partial charge in [0, 0.05) is 23.9 Å². The molecule has 3 atom stereocenters. The lowest BCUT2D eigenvalue weighted by molar-refractivity contribution is -0.141. The quantitative estimate of drug-likeness (QED) is 0.283. The number of amides is 4. The maximum atomic E-state index is 13.1. The van der Waals surface area contributed by atoms with Gasteiger partial charge in [0.15, 0.2) is 0 Å². The molecular formula is C26H36N6O5. The van der Waals surface area contributed by atoms with Crippen molar-refractivity contribution in [2.45, 2.75) is 66.2 Å². The Balaban J connectivity index is 2.02. The van der Waals surface area contributed by atoms with Crippen molar-refractivity contribution < 1.29 is 24.0 Å². The molecule has 0 radical (unpaired) electrons. The highest BCUT2D eigenvalue weighted by atomic mass is 16.2. The molecule has 2 aromatic rings. The normalized spacial score (nSPS) is 13.7. The summed E-state index contributed by atoms with van der Waals surface area (Å²) in [5.74, 6) is -3.62. The summed E-state index contributed by atoms with van der Waals surface area (Å²) in [4.78, 5) is 63.7. The molecule has 0 saturated carbocycles. The van der Waals surface area contributed by atoms with Gasteiger partial charge < -0.3 is 21.3 Å². The summed E-state index contributed by atoms with van der Waals surface area (Å²) >= 11 is 0. The molecule has 0 fully saturated rings. The van der Waals surface area contributed by atoms with Gasteiger partial charge in [-0.15, -0.1) is 0 Å². The van der Waals surface area contributed by atoms with Gasteiger partial charge in [0.1, 0.15) is 12.1 Å². The van der Waals surface area contributed by atoms with Crippen molar-refractivity contribution in [1.82, 2.24) is 31.5 Å². The number of carbonyl (C=O) groups is 5. The summed E-state index contributed by atoms with van der Waals surface area (Å²) < 4.78 is 0. The SMILES string of the molecule is CC(NC(=O)C(NC(=O)c1ccccc1)C(C)(C)C)C(=O)NC(C(=O)C(=O)NCc1cn[nH]c1)C(C)C. The van der Waals surface area contributed by atoms with Crippen molar-refractivity contribution in [2.75, 3.05) is 0 Å². The third-order valence-electron chi connectivity index (χ3n) is 5.67. The lowest BCUT2D eigenvalue weighted by Crippen LogP contribution is -2.59. The third kappa shape index (κ3) is 8.55. The number of nitrogens with one attached hydrogen (secondary N) is 5. The zero-order chi connectivity index (χ0) is 27.8. The van der Waals surface area contributed by atoms with Gasteiger partial charge in [-0.05, 0) is 30.4 Å². The second kappa shape index (κ2) is 12.8. The first-order valence-corrected chi connectivity index (χ1v) is 12.1. The van der Waals surface area contributed by atoms with E-state index in [9.17, 15) is 24.0 Å². The second-order valence-corrected chi connectivity index (χ2v) is 10.3. The fraction of sp³-hybridized carbons (Fsp3) is 0.462. The molecule has 0 saturated heterocycles. The number of hydrogen-bond donors (Lipinski definition) is 5. The zero-order valence-electron chi connectivity index (χ0n) is 22.0. The number of benzene rings is 1. The molecular weight excluding hydrogens is 476 g/mol. The number of hydrogen-bond acceptors (Lipinski definition) is 6. The van der Waals surface area contributed by atoms with Crippen molar-refractivity contribution in [3.05, 3.63) is 53.9 Å². The predicted octanol–water partition coefficient (Wildman–Crippen LogP) is 1.09. The number of ketones is 1. The summed E-state index contributed by atoms with van der Waals surface area (Å²) in [5, 5.41) is 16.8. The Hall–Kier alpha value is -4.02. The van der Waals surface area contributed by atoms with Crippen molar-refractivity contribution in [1.29, 1.82) is 0 Å². The van der Waals surface area contributed by atoms with Crippen LogP contribution < -0.4 is 21.3 Å². The van der Waals surface area contributed by atoms with Crippen LogP contribution in [0.1, 0.15) is 57.5 Å². The number of aromatic nitrogens is 2. The van der Waals surface area contributed by atoms with E-state index in [1.165, 1.54) is 13.1 Å². The van der Waals surface area contributed by atoms with Crippen LogP contribution in [0, 0.1) is 11.3 Å². The summed E-state index contributed by atoms with van der Waals surface area (Å²) in [6.45, 7) is 10.4. The molecule has 5 N–H and O–H groups in total. The monoisotopic (exact) mass is 512 g/mol. The molecule has 0 aliphatic heterocycles. The van der Waals surface area contributed by atoms with Gasteiger partial charge in [0.2, 0.25) is 17.6 Å². The van der Waals surface area contributed by atoms with Gasteiger partial charge >= 0.3 is 0 Å². The molecule has 200 valence electrons. The van der Waals surface area contributed by atoms with Crippen molar-refractivity contribution in [3.63, 3.8) is 0 Å². The van der Waals surface area contributed by atoms with Crippen LogP contribution in [0.15, 0.2) is 42.7 Å². The molecule has 0 bridgehead atoms. The maximum absolute atomic E-state index is 13.1. The highest BCUT2D eigenvalue weighted by Crippen LogP contribution is 2.20. The Bertz CT molecular complexity index is 1090. The van der Waals surface area contributed by atoms with Gasteiger partial charge in [-0.1, -0.05) is 52.8 Å². The zero-order valence-corrected chi connectivity index (χ0v) is 22.0. The van der Waals surface area contributed by atoms with E-state index >= 15 is 0 Å². The molecule has 0 aliphatic carbocycles. The van der Waals surface area contributed by atoms with Crippen LogP contribution in [-0.4, -0.2) is 57.7 Å². The molecule has 11 nitrogen and oxygen atoms in total. The lowest BCUT2D eigenvalue weighted by Gasteiger charge is -2.31. The van der Waals surface area contributed by atoms with Gasteiger partial charge in [0.05, 0.1) is 12.2 Å². The Labute approximate surface area is 216 Å². The molecule has 0 spiro atoms. The number of Topliss-reactive ketones (excluding diaryl/α,β-unsaturated/α-hetero) is 1. The van der Waals surface area contributed by atoms with E-state index in [1.54, 1.807) is 71.1 Å². The molecule has 1 heterocycles. The summed E-state index contributed by atoms with van der Waals surface area (Å²) in [5.41, 5.74) is 0.434. The van der Waals surface area contributed by atoms with Gasteiger partial charge in [-0.2, -0.15) is 5.10 Å². The van der Waals surface area contributed by atoms with E-state index in [2.05, 4.69) is 31.5 Å². The van der Waals surface area contributed by atoms with Crippen LogP contribution in [0.3, 0.4) is 0 Å². The number of aromatic amines is 1. The molecule has 11 heteroatoms. The molecule has 37 heavy (non-hydrogen) atoms. The molecule has 1 aromatic carbocycles. The fourth-order valence-electron chi connectivity index (χ4n) is 3.44. The highest BCUT2D eigenvalue weighted by molar-refractivity contribution is 6.38. The predicted molar refractivity (Wildman–Crippen MR) is 137 cm³/mol. The molecule has 3 unspecified atom stereocenters. The Morgan fingerprint density at radius 1 is 0.919 bits per heavy atom. The number of carbonyl (C=O) groups excluding carboxylic acids is 5. The standard InChI is InChI=1S/C26H36N6O5/c1-15(2)19(20(33)24(36)27-12-17-13-28-29-14-17)31-22(34)16(3)30-25(37)21(26(4,5)6)32-23(35)18-10-8-7-9-11-18/h7-11,13-16,19,21H,12H2,1-6H3,(H,27,36)(H,28,29)(H,30,37)(H,31,34)(H,32,35). The van der Waals surface area contributed by atoms with Crippen molar-refractivity contribution in [3.8, 4) is 0 Å². The summed E-state index contributed by atoms with van der Waals surface area (Å²) in [6.07, 6.45) is 3.11. The van der Waals surface area contributed by atoms with Crippen molar-refractivity contribution in [2.24, 2.45) is 11.3 Å². The average molecular weight is 513 g/mol. The van der Waals surface area contributed by atoms with E-state index in [4.69, 9.17) is 0 Å². The lowest BCUT2D eigenvalue weighted by atomic mass is 9.85. The third-order valence-corrected chi connectivity index (χ3v) is 5.67.